The second-order valence-electron chi connectivity index (χ2n) is 3.19. The Morgan fingerprint density at radius 1 is 0.824 bits per heavy atom. The van der Waals surface area contributed by atoms with Crippen molar-refractivity contribution in [3.05, 3.63) is 0 Å². The topological polar surface area (TPSA) is 44.8 Å². The number of rotatable bonds is 6. The normalized spacial score (nSPS) is 18.8. The molecule has 0 fully saturated rings. The highest BCUT2D eigenvalue weighted by Crippen LogP contribution is 2.52. The van der Waals surface area contributed by atoms with E-state index in [4.69, 9.17) is 32.8 Å². The summed E-state index contributed by atoms with van der Waals surface area (Å²) >= 11 is 0. The van der Waals surface area contributed by atoms with Crippen LogP contribution in [0.3, 0.4) is 0 Å². The minimum Gasteiger partial charge on any atom is -0.271 e. The molecule has 3 atom stereocenters. The second-order valence-corrected chi connectivity index (χ2v) is 4.72. The quantitative estimate of drug-likeness (QED) is 0.538. The van der Waals surface area contributed by atoms with Crippen LogP contribution in [0.4, 0.5) is 0 Å². The summed E-state index contributed by atoms with van der Waals surface area (Å²) in [6.07, 6.45) is 13.1. The first kappa shape index (κ1) is 15.8. The van der Waals surface area contributed by atoms with E-state index in [9.17, 15) is 4.57 Å². The summed E-state index contributed by atoms with van der Waals surface area (Å²) in [6.45, 7) is 4.58. The summed E-state index contributed by atoms with van der Waals surface area (Å²) in [6, 6.07) is 0. The first-order valence-electron chi connectivity index (χ1n) is 4.90. The van der Waals surface area contributed by atoms with Crippen LogP contribution in [0.2, 0.25) is 0 Å². The monoisotopic (exact) mass is 254 g/mol. The van der Waals surface area contributed by atoms with E-state index in [0.29, 0.717) is 0 Å². The van der Waals surface area contributed by atoms with Crippen molar-refractivity contribution in [1.29, 1.82) is 0 Å². The molecule has 0 aliphatic heterocycles. The lowest BCUT2D eigenvalue weighted by atomic mass is 10.4. The largest absolute Gasteiger partial charge is 0.478 e. The fourth-order valence-corrected chi connectivity index (χ4v) is 2.24. The molecule has 17 heavy (non-hydrogen) atoms. The van der Waals surface area contributed by atoms with Crippen molar-refractivity contribution < 1.29 is 18.1 Å². The van der Waals surface area contributed by atoms with Crippen molar-refractivity contribution in [3.63, 3.8) is 0 Å². The summed E-state index contributed by atoms with van der Waals surface area (Å²) in [5, 5.41) is 0. The van der Waals surface area contributed by atoms with Crippen LogP contribution in [0.5, 0.6) is 0 Å². The molecule has 0 aliphatic rings. The summed E-state index contributed by atoms with van der Waals surface area (Å²) in [7, 11) is -3.86. The predicted molar refractivity (Wildman–Crippen MR) is 65.7 cm³/mol. The summed E-state index contributed by atoms with van der Waals surface area (Å²) in [4.78, 5) is 0. The minimum atomic E-state index is -3.86. The third-order valence-corrected chi connectivity index (χ3v) is 3.29. The molecular formula is C12H15O4P. The van der Waals surface area contributed by atoms with Crippen molar-refractivity contribution in [2.24, 2.45) is 0 Å². The van der Waals surface area contributed by atoms with Gasteiger partial charge in [0.25, 0.3) is 0 Å². The molecule has 5 heteroatoms. The van der Waals surface area contributed by atoms with Gasteiger partial charge in [0, 0.05) is 0 Å². The Bertz CT molecular complexity index is 348. The smallest absolute Gasteiger partial charge is 0.271 e. The van der Waals surface area contributed by atoms with Crippen LogP contribution < -0.4 is 0 Å². The number of phosphoric acid groups is 1. The van der Waals surface area contributed by atoms with Gasteiger partial charge >= 0.3 is 7.82 Å². The van der Waals surface area contributed by atoms with E-state index < -0.39 is 26.1 Å². The van der Waals surface area contributed by atoms with E-state index in [0.717, 1.165) is 0 Å². The van der Waals surface area contributed by atoms with Gasteiger partial charge in [-0.3, -0.25) is 13.6 Å². The standard InChI is InChI=1S/C12H15O4P/c1-7-10(4)14-17(13,15-11(5)8-2)16-12(6)9-3/h1-3,10-12H,4-6H3. The van der Waals surface area contributed by atoms with E-state index in [1.165, 1.54) is 20.8 Å². The predicted octanol–water partition coefficient (Wildman–Crippen LogP) is 2.21. The highest BCUT2D eigenvalue weighted by atomic mass is 31.2. The molecule has 0 spiro atoms. The lowest BCUT2D eigenvalue weighted by Crippen LogP contribution is -2.15. The molecule has 0 heterocycles. The summed E-state index contributed by atoms with van der Waals surface area (Å²) < 4.78 is 27.2. The molecule has 0 bridgehead atoms. The molecule has 0 rings (SSSR count). The van der Waals surface area contributed by atoms with E-state index in [2.05, 4.69) is 17.8 Å². The Morgan fingerprint density at radius 3 is 1.24 bits per heavy atom. The zero-order valence-corrected chi connectivity index (χ0v) is 10.9. The van der Waals surface area contributed by atoms with Crippen LogP contribution in [0.25, 0.3) is 0 Å². The van der Waals surface area contributed by atoms with Crippen molar-refractivity contribution in [2.45, 2.75) is 39.1 Å². The minimum absolute atomic E-state index is 0.740. The Hall–Kier alpha value is -1.21. The Morgan fingerprint density at radius 2 is 1.06 bits per heavy atom. The van der Waals surface area contributed by atoms with E-state index in [1.54, 1.807) is 0 Å². The molecule has 0 aromatic heterocycles. The molecular weight excluding hydrogens is 239 g/mol. The molecule has 3 unspecified atom stereocenters. The highest BCUT2D eigenvalue weighted by molar-refractivity contribution is 7.48. The average Bonchev–Trinajstić information content (AvgIpc) is 2.27. The second kappa shape index (κ2) is 7.18. The first-order chi connectivity index (χ1) is 7.86. The van der Waals surface area contributed by atoms with Crippen molar-refractivity contribution in [2.75, 3.05) is 0 Å². The highest BCUT2D eigenvalue weighted by Gasteiger charge is 2.32. The molecule has 0 aromatic rings. The van der Waals surface area contributed by atoms with Gasteiger partial charge in [0.2, 0.25) is 0 Å². The molecule has 4 nitrogen and oxygen atoms in total. The van der Waals surface area contributed by atoms with Crippen LogP contribution in [-0.4, -0.2) is 18.3 Å². The van der Waals surface area contributed by atoms with E-state index in [-0.39, 0.29) is 0 Å². The number of hydrogen-bond acceptors (Lipinski definition) is 4. The van der Waals surface area contributed by atoms with Gasteiger partial charge in [0.1, 0.15) is 18.3 Å². The third kappa shape index (κ3) is 6.18. The molecule has 0 amide bonds. The Labute approximate surface area is 103 Å². The Balaban J connectivity index is 4.84. The molecule has 0 saturated heterocycles. The van der Waals surface area contributed by atoms with Gasteiger partial charge in [-0.1, -0.05) is 17.8 Å². The van der Waals surface area contributed by atoms with Gasteiger partial charge in [-0.15, -0.1) is 19.3 Å². The van der Waals surface area contributed by atoms with Crippen molar-refractivity contribution in [3.8, 4) is 37.0 Å². The number of hydrogen-bond donors (Lipinski definition) is 0. The molecule has 0 saturated carbocycles. The fourth-order valence-electron chi connectivity index (χ4n) is 0.747. The van der Waals surface area contributed by atoms with Crippen LogP contribution in [-0.2, 0) is 18.1 Å². The Kier molecular flexibility index (Phi) is 6.67. The molecule has 92 valence electrons. The summed E-state index contributed by atoms with van der Waals surface area (Å²) in [5.74, 6) is 6.74. The molecule has 0 aromatic carbocycles. The number of phosphoric ester groups is 1. The fraction of sp³-hybridized carbons (Fsp3) is 0.500. The molecule has 0 N–H and O–H groups in total. The van der Waals surface area contributed by atoms with Gasteiger partial charge in [0.05, 0.1) is 0 Å². The SMILES string of the molecule is C#CC(C)OP(=O)(OC(C)C#C)OC(C)C#C. The average molecular weight is 254 g/mol. The molecule has 0 radical (unpaired) electrons. The first-order valence-corrected chi connectivity index (χ1v) is 6.36. The van der Waals surface area contributed by atoms with Crippen molar-refractivity contribution in [1.82, 2.24) is 0 Å². The molecule has 0 aliphatic carbocycles. The zero-order chi connectivity index (χ0) is 13.5. The third-order valence-electron chi connectivity index (χ3n) is 1.57. The van der Waals surface area contributed by atoms with Gasteiger partial charge in [0.15, 0.2) is 0 Å². The van der Waals surface area contributed by atoms with Crippen LogP contribution in [0.1, 0.15) is 20.8 Å². The van der Waals surface area contributed by atoms with Gasteiger partial charge in [-0.05, 0) is 20.8 Å². The van der Waals surface area contributed by atoms with Gasteiger partial charge in [-0.25, -0.2) is 4.57 Å². The zero-order valence-electron chi connectivity index (χ0n) is 10.0. The lowest BCUT2D eigenvalue weighted by molar-refractivity contribution is 0.0811. The van der Waals surface area contributed by atoms with Gasteiger partial charge in [-0.2, -0.15) is 0 Å². The van der Waals surface area contributed by atoms with Crippen molar-refractivity contribution >= 4 is 7.82 Å². The van der Waals surface area contributed by atoms with Gasteiger partial charge < -0.3 is 0 Å². The lowest BCUT2D eigenvalue weighted by Gasteiger charge is -2.22. The maximum Gasteiger partial charge on any atom is 0.478 e. The van der Waals surface area contributed by atoms with Crippen LogP contribution >= 0.6 is 7.82 Å². The maximum absolute atomic E-state index is 12.2. The number of terminal acetylenes is 3. The van der Waals surface area contributed by atoms with Crippen LogP contribution in [0.15, 0.2) is 0 Å². The van der Waals surface area contributed by atoms with Crippen LogP contribution in [0, 0.1) is 37.0 Å². The summed E-state index contributed by atoms with van der Waals surface area (Å²) in [5.41, 5.74) is 0. The van der Waals surface area contributed by atoms with E-state index >= 15 is 0 Å². The van der Waals surface area contributed by atoms with E-state index in [1.807, 2.05) is 0 Å². The maximum atomic E-state index is 12.2.